The molecule has 6 heteroatoms. The molecule has 0 amide bonds. The van der Waals surface area contributed by atoms with Gasteiger partial charge in [-0.05, 0) is 6.07 Å². The Labute approximate surface area is 109 Å². The van der Waals surface area contributed by atoms with Crippen molar-refractivity contribution in [3.8, 4) is 11.5 Å². The summed E-state index contributed by atoms with van der Waals surface area (Å²) in [7, 11) is 1.57. The third kappa shape index (κ3) is 2.39. The molecule has 0 aliphatic carbocycles. The second-order valence-electron chi connectivity index (χ2n) is 4.38. The fourth-order valence-electron chi connectivity index (χ4n) is 2.10. The largest absolute Gasteiger partial charge is 0.493 e. The molecule has 2 heterocycles. The van der Waals surface area contributed by atoms with E-state index >= 15 is 0 Å². The zero-order valence-electron chi connectivity index (χ0n) is 10.5. The molecule has 1 aromatic heterocycles. The second kappa shape index (κ2) is 4.89. The average molecular weight is 262 g/mol. The van der Waals surface area contributed by atoms with Crippen molar-refractivity contribution in [3.05, 3.63) is 28.8 Å². The lowest BCUT2D eigenvalue weighted by Gasteiger charge is -2.15. The first kappa shape index (κ1) is 12.0. The monoisotopic (exact) mass is 262 g/mol. The van der Waals surface area contributed by atoms with Gasteiger partial charge in [-0.15, -0.1) is 0 Å². The summed E-state index contributed by atoms with van der Waals surface area (Å²) in [6.07, 6.45) is 2.43. The van der Waals surface area contributed by atoms with Crippen molar-refractivity contribution in [2.45, 2.75) is 12.5 Å². The van der Waals surface area contributed by atoms with Crippen LogP contribution in [-0.2, 0) is 4.74 Å². The minimum absolute atomic E-state index is 0.0436. The highest BCUT2D eigenvalue weighted by atomic mass is 16.6. The van der Waals surface area contributed by atoms with Crippen molar-refractivity contribution in [2.24, 2.45) is 0 Å². The van der Waals surface area contributed by atoms with Crippen molar-refractivity contribution in [3.63, 3.8) is 0 Å². The molecule has 0 radical (unpaired) electrons. The van der Waals surface area contributed by atoms with Gasteiger partial charge < -0.3 is 19.2 Å². The number of hydrogen-bond acceptors (Lipinski definition) is 5. The van der Waals surface area contributed by atoms with Gasteiger partial charge in [0.2, 0.25) is 0 Å². The highest BCUT2D eigenvalue weighted by molar-refractivity contribution is 5.81. The molecule has 6 nitrogen and oxygen atoms in total. The van der Waals surface area contributed by atoms with E-state index in [9.17, 15) is 4.79 Å². The molecule has 19 heavy (non-hydrogen) atoms. The number of benzene rings is 1. The van der Waals surface area contributed by atoms with Crippen LogP contribution in [0.1, 0.15) is 6.42 Å². The number of fused-ring (bicyclic) bond motifs is 1. The third-order valence-corrected chi connectivity index (χ3v) is 3.08. The number of aromatic amines is 1. The predicted octanol–water partition coefficient (Wildman–Crippen LogP) is 1.10. The number of methoxy groups -OCH3 is 1. The minimum Gasteiger partial charge on any atom is -0.493 e. The van der Waals surface area contributed by atoms with Crippen LogP contribution in [0.25, 0.3) is 10.9 Å². The van der Waals surface area contributed by atoms with E-state index < -0.39 is 0 Å². The van der Waals surface area contributed by atoms with E-state index in [1.165, 1.54) is 6.20 Å². The molecule has 2 aromatic rings. The number of hydrogen-bond donors (Lipinski definition) is 1. The van der Waals surface area contributed by atoms with Crippen molar-refractivity contribution in [2.75, 3.05) is 20.3 Å². The Bertz CT molecular complexity index is 647. The molecule has 3 rings (SSSR count). The van der Waals surface area contributed by atoms with Crippen LogP contribution in [-0.4, -0.2) is 36.4 Å². The van der Waals surface area contributed by atoms with Gasteiger partial charge in [-0.25, -0.2) is 9.78 Å². The number of aromatic nitrogens is 2. The van der Waals surface area contributed by atoms with Crippen LogP contribution in [0, 0.1) is 0 Å². The van der Waals surface area contributed by atoms with Gasteiger partial charge in [0.25, 0.3) is 0 Å². The molecule has 1 fully saturated rings. The van der Waals surface area contributed by atoms with Crippen LogP contribution in [0.5, 0.6) is 11.5 Å². The van der Waals surface area contributed by atoms with Gasteiger partial charge in [0.15, 0.2) is 11.5 Å². The molecular weight excluding hydrogens is 248 g/mol. The number of nitrogens with zero attached hydrogens (tertiary/aromatic N) is 1. The van der Waals surface area contributed by atoms with Gasteiger partial charge in [-0.1, -0.05) is 0 Å². The van der Waals surface area contributed by atoms with Gasteiger partial charge in [0, 0.05) is 24.1 Å². The maximum absolute atomic E-state index is 11.2. The van der Waals surface area contributed by atoms with Crippen LogP contribution < -0.4 is 15.2 Å². The lowest BCUT2D eigenvalue weighted by molar-refractivity contribution is 0.139. The first-order valence-electron chi connectivity index (χ1n) is 6.08. The van der Waals surface area contributed by atoms with Gasteiger partial charge >= 0.3 is 5.69 Å². The standard InChI is InChI=1S/C13H14N2O4/c1-17-11-5-10-8(6-14-13(16)15-10)4-12(11)19-9-2-3-18-7-9/h4-6,9H,2-3,7H2,1H3,(H,14,15,16)/t9-/m0/s1. The fourth-order valence-corrected chi connectivity index (χ4v) is 2.10. The maximum atomic E-state index is 11.2. The van der Waals surface area contributed by atoms with E-state index in [4.69, 9.17) is 14.2 Å². The van der Waals surface area contributed by atoms with E-state index in [2.05, 4.69) is 9.97 Å². The highest BCUT2D eigenvalue weighted by Gasteiger charge is 2.19. The Morgan fingerprint density at radius 1 is 1.42 bits per heavy atom. The molecule has 0 saturated carbocycles. The number of ether oxygens (including phenoxy) is 3. The molecule has 0 unspecified atom stereocenters. The summed E-state index contributed by atoms with van der Waals surface area (Å²) in [5, 5.41) is 0.800. The Balaban J connectivity index is 2.01. The van der Waals surface area contributed by atoms with E-state index in [1.54, 1.807) is 13.2 Å². The van der Waals surface area contributed by atoms with Crippen molar-refractivity contribution >= 4 is 10.9 Å². The summed E-state index contributed by atoms with van der Waals surface area (Å²) in [4.78, 5) is 17.6. The topological polar surface area (TPSA) is 73.4 Å². The lowest BCUT2D eigenvalue weighted by Crippen LogP contribution is -2.16. The first-order valence-corrected chi connectivity index (χ1v) is 6.08. The fraction of sp³-hybridized carbons (Fsp3) is 0.385. The molecule has 1 aromatic carbocycles. The summed E-state index contributed by atoms with van der Waals surface area (Å²) in [6.45, 7) is 1.31. The normalized spacial score (nSPS) is 18.7. The smallest absolute Gasteiger partial charge is 0.345 e. The van der Waals surface area contributed by atoms with Crippen LogP contribution in [0.4, 0.5) is 0 Å². The quantitative estimate of drug-likeness (QED) is 0.896. The van der Waals surface area contributed by atoms with Gasteiger partial charge in [-0.2, -0.15) is 0 Å². The van der Waals surface area contributed by atoms with Crippen molar-refractivity contribution in [1.82, 2.24) is 9.97 Å². The van der Waals surface area contributed by atoms with E-state index in [-0.39, 0.29) is 11.8 Å². The van der Waals surface area contributed by atoms with Crippen LogP contribution in [0.3, 0.4) is 0 Å². The van der Waals surface area contributed by atoms with E-state index in [0.29, 0.717) is 23.6 Å². The summed E-state index contributed by atoms with van der Waals surface area (Å²) >= 11 is 0. The maximum Gasteiger partial charge on any atom is 0.345 e. The zero-order valence-corrected chi connectivity index (χ0v) is 10.5. The minimum atomic E-state index is -0.382. The zero-order chi connectivity index (χ0) is 13.2. The Morgan fingerprint density at radius 2 is 2.32 bits per heavy atom. The van der Waals surface area contributed by atoms with Gasteiger partial charge in [-0.3, -0.25) is 0 Å². The van der Waals surface area contributed by atoms with Crippen LogP contribution >= 0.6 is 0 Å². The predicted molar refractivity (Wildman–Crippen MR) is 68.8 cm³/mol. The summed E-state index contributed by atoms with van der Waals surface area (Å²) in [5.41, 5.74) is 0.291. The molecule has 100 valence electrons. The summed E-state index contributed by atoms with van der Waals surface area (Å²) in [5.74, 6) is 1.22. The van der Waals surface area contributed by atoms with Crippen molar-refractivity contribution < 1.29 is 14.2 Å². The van der Waals surface area contributed by atoms with Gasteiger partial charge in [0.1, 0.15) is 6.10 Å². The Morgan fingerprint density at radius 3 is 3.05 bits per heavy atom. The molecule has 1 N–H and O–H groups in total. The SMILES string of the molecule is COc1cc2[nH]c(=O)ncc2cc1O[C@H]1CCOC1. The number of H-pyrrole nitrogens is 1. The molecular formula is C13H14N2O4. The van der Waals surface area contributed by atoms with Crippen molar-refractivity contribution in [1.29, 1.82) is 0 Å². The average Bonchev–Trinajstić information content (AvgIpc) is 2.91. The second-order valence-corrected chi connectivity index (χ2v) is 4.38. The molecule has 1 atom stereocenters. The number of rotatable bonds is 3. The van der Waals surface area contributed by atoms with E-state index in [1.807, 2.05) is 6.07 Å². The molecule has 0 bridgehead atoms. The molecule has 0 spiro atoms. The Hall–Kier alpha value is -2.08. The highest BCUT2D eigenvalue weighted by Crippen LogP contribution is 2.32. The van der Waals surface area contributed by atoms with Gasteiger partial charge in [0.05, 0.1) is 25.8 Å². The third-order valence-electron chi connectivity index (χ3n) is 3.08. The summed E-state index contributed by atoms with van der Waals surface area (Å²) in [6, 6.07) is 3.55. The summed E-state index contributed by atoms with van der Waals surface area (Å²) < 4.78 is 16.4. The number of nitrogens with one attached hydrogen (secondary N) is 1. The van der Waals surface area contributed by atoms with Crippen LogP contribution in [0.2, 0.25) is 0 Å². The molecule has 1 aliphatic rings. The Kier molecular flexibility index (Phi) is 3.08. The lowest BCUT2D eigenvalue weighted by atomic mass is 10.2. The van der Waals surface area contributed by atoms with E-state index in [0.717, 1.165) is 18.4 Å². The van der Waals surface area contributed by atoms with Crippen LogP contribution in [0.15, 0.2) is 23.1 Å². The molecule has 1 saturated heterocycles. The first-order chi connectivity index (χ1) is 9.26. The molecule has 1 aliphatic heterocycles.